The molecule has 1 aromatic carbocycles. The number of nitrogens with one attached hydrogen (secondary N) is 2. The van der Waals surface area contributed by atoms with Gasteiger partial charge in [-0.25, -0.2) is 4.68 Å². The topological polar surface area (TPSA) is 105 Å². The maximum absolute atomic E-state index is 12.5. The fraction of sp³-hybridized carbons (Fsp3) is 0.500. The number of carbonyl (C=O) groups is 2. The smallest absolute Gasteiger partial charge is 0.274 e. The number of rotatable bonds is 6. The largest absolute Gasteiger partial charge is 0.497 e. The Morgan fingerprint density at radius 2 is 1.97 bits per heavy atom. The van der Waals surface area contributed by atoms with Crippen LogP contribution in [0.25, 0.3) is 0 Å². The van der Waals surface area contributed by atoms with Gasteiger partial charge in [0.25, 0.3) is 11.8 Å². The van der Waals surface area contributed by atoms with Gasteiger partial charge in [0, 0.05) is 51.0 Å². The summed E-state index contributed by atoms with van der Waals surface area (Å²) < 4.78 is 6.71. The van der Waals surface area contributed by atoms with Crippen molar-refractivity contribution in [2.75, 3.05) is 51.3 Å². The highest BCUT2D eigenvalue weighted by Crippen LogP contribution is 2.20. The van der Waals surface area contributed by atoms with Crippen LogP contribution in [0.5, 0.6) is 5.75 Å². The Kier molecular flexibility index (Phi) is 5.84. The Morgan fingerprint density at radius 3 is 2.67 bits per heavy atom. The molecule has 160 valence electrons. The van der Waals surface area contributed by atoms with Crippen molar-refractivity contribution in [3.63, 3.8) is 0 Å². The van der Waals surface area contributed by atoms with Crippen molar-refractivity contribution in [3.8, 4) is 5.75 Å². The van der Waals surface area contributed by atoms with Gasteiger partial charge in [-0.1, -0.05) is 5.21 Å². The highest BCUT2D eigenvalue weighted by atomic mass is 16.5. The molecule has 2 aliphatic rings. The second-order valence-electron chi connectivity index (χ2n) is 7.63. The van der Waals surface area contributed by atoms with E-state index in [2.05, 4.69) is 42.9 Å². The van der Waals surface area contributed by atoms with E-state index in [9.17, 15) is 9.59 Å². The Labute approximate surface area is 175 Å². The fourth-order valence-electron chi connectivity index (χ4n) is 3.85. The van der Waals surface area contributed by atoms with E-state index in [1.54, 1.807) is 7.11 Å². The van der Waals surface area contributed by atoms with Gasteiger partial charge < -0.3 is 20.3 Å². The summed E-state index contributed by atoms with van der Waals surface area (Å²) in [5.74, 6) is 0.186. The number of hydrogen-bond donors (Lipinski definition) is 2. The molecule has 0 spiro atoms. The molecule has 1 fully saturated rings. The van der Waals surface area contributed by atoms with Crippen LogP contribution >= 0.6 is 0 Å². The number of fused-ring (bicyclic) bond motifs is 1. The van der Waals surface area contributed by atoms with Gasteiger partial charge in [-0.05, 0) is 31.2 Å². The number of aromatic nitrogens is 3. The Balaban J connectivity index is 1.24. The van der Waals surface area contributed by atoms with E-state index in [0.717, 1.165) is 38.5 Å². The second kappa shape index (κ2) is 8.70. The minimum Gasteiger partial charge on any atom is -0.497 e. The molecule has 4 rings (SSSR count). The number of benzene rings is 1. The molecule has 10 heteroatoms. The van der Waals surface area contributed by atoms with E-state index in [4.69, 9.17) is 4.74 Å². The summed E-state index contributed by atoms with van der Waals surface area (Å²) in [6, 6.07) is 8.07. The highest BCUT2D eigenvalue weighted by molar-refractivity contribution is 6.05. The standard InChI is InChI=1S/C20H27N7O3/c1-14-13-27-18(20(29)22-14)17(23-24-27)19(28)21-7-8-25-9-11-26(12-10-25)15-3-5-16(30-2)6-4-15/h3-6,14H,7-13H2,1-2H3,(H,21,28)(H,22,29). The third-order valence-electron chi connectivity index (χ3n) is 5.51. The van der Waals surface area contributed by atoms with Crippen LogP contribution < -0.4 is 20.3 Å². The average Bonchev–Trinajstić information content (AvgIpc) is 3.18. The third-order valence-corrected chi connectivity index (χ3v) is 5.51. The zero-order valence-corrected chi connectivity index (χ0v) is 17.3. The predicted octanol–water partition coefficient (Wildman–Crippen LogP) is -0.0294. The first-order chi connectivity index (χ1) is 14.5. The van der Waals surface area contributed by atoms with Crippen molar-refractivity contribution in [3.05, 3.63) is 35.7 Å². The number of methoxy groups -OCH3 is 1. The molecule has 1 unspecified atom stereocenters. The van der Waals surface area contributed by atoms with E-state index in [1.165, 1.54) is 10.4 Å². The zero-order chi connectivity index (χ0) is 21.1. The zero-order valence-electron chi connectivity index (χ0n) is 17.3. The third kappa shape index (κ3) is 4.23. The van der Waals surface area contributed by atoms with Crippen LogP contribution in [-0.2, 0) is 6.54 Å². The van der Waals surface area contributed by atoms with Gasteiger partial charge in [-0.15, -0.1) is 5.10 Å². The summed E-state index contributed by atoms with van der Waals surface area (Å²) >= 11 is 0. The van der Waals surface area contributed by atoms with Crippen molar-refractivity contribution < 1.29 is 14.3 Å². The molecule has 2 aromatic rings. The normalized spacial score (nSPS) is 19.2. The molecule has 10 nitrogen and oxygen atoms in total. The van der Waals surface area contributed by atoms with Gasteiger partial charge >= 0.3 is 0 Å². The minimum absolute atomic E-state index is 0.0285. The summed E-state index contributed by atoms with van der Waals surface area (Å²) in [5, 5.41) is 13.5. The minimum atomic E-state index is -0.363. The number of nitrogens with zero attached hydrogens (tertiary/aromatic N) is 5. The molecule has 30 heavy (non-hydrogen) atoms. The highest BCUT2D eigenvalue weighted by Gasteiger charge is 2.30. The molecule has 0 bridgehead atoms. The van der Waals surface area contributed by atoms with Crippen molar-refractivity contribution in [1.29, 1.82) is 0 Å². The number of amides is 2. The first kappa shape index (κ1) is 20.1. The number of anilines is 1. The summed E-state index contributed by atoms with van der Waals surface area (Å²) in [6.45, 7) is 7.33. The van der Waals surface area contributed by atoms with Gasteiger partial charge in [0.2, 0.25) is 0 Å². The van der Waals surface area contributed by atoms with Crippen LogP contribution in [0.4, 0.5) is 5.69 Å². The number of carbonyl (C=O) groups excluding carboxylic acids is 2. The maximum atomic E-state index is 12.5. The van der Waals surface area contributed by atoms with E-state index in [0.29, 0.717) is 13.1 Å². The van der Waals surface area contributed by atoms with E-state index in [1.807, 2.05) is 19.1 Å². The first-order valence-corrected chi connectivity index (χ1v) is 10.2. The van der Waals surface area contributed by atoms with Gasteiger partial charge in [0.1, 0.15) is 5.75 Å². The number of hydrogen-bond acceptors (Lipinski definition) is 7. The second-order valence-corrected chi connectivity index (χ2v) is 7.63. The molecule has 0 radical (unpaired) electrons. The lowest BCUT2D eigenvalue weighted by Crippen LogP contribution is -2.48. The molecule has 1 aromatic heterocycles. The molecule has 0 aliphatic carbocycles. The molecule has 2 amide bonds. The lowest BCUT2D eigenvalue weighted by atomic mass is 10.2. The number of piperazine rings is 1. The van der Waals surface area contributed by atoms with Crippen LogP contribution in [0.2, 0.25) is 0 Å². The maximum Gasteiger partial charge on any atom is 0.274 e. The molecule has 2 N–H and O–H groups in total. The SMILES string of the molecule is COc1ccc(N2CCN(CCNC(=O)c3nnn4c3C(=O)NC(C)C4)CC2)cc1. The average molecular weight is 413 g/mol. The van der Waals surface area contributed by atoms with Crippen LogP contribution in [0, 0.1) is 0 Å². The van der Waals surface area contributed by atoms with Gasteiger partial charge in [-0.2, -0.15) is 0 Å². The van der Waals surface area contributed by atoms with Gasteiger partial charge in [-0.3, -0.25) is 14.5 Å². The summed E-state index contributed by atoms with van der Waals surface area (Å²) in [7, 11) is 1.67. The quantitative estimate of drug-likeness (QED) is 0.685. The predicted molar refractivity (Wildman–Crippen MR) is 111 cm³/mol. The molecule has 0 saturated carbocycles. The van der Waals surface area contributed by atoms with Crippen LogP contribution in [0.1, 0.15) is 27.9 Å². The van der Waals surface area contributed by atoms with E-state index < -0.39 is 0 Å². The Bertz CT molecular complexity index is 904. The van der Waals surface area contributed by atoms with Crippen LogP contribution in [0.15, 0.2) is 24.3 Å². The number of ether oxygens (including phenoxy) is 1. The molecule has 3 heterocycles. The molecule has 1 saturated heterocycles. The lowest BCUT2D eigenvalue weighted by Gasteiger charge is -2.36. The molecular formula is C20H27N7O3. The summed E-state index contributed by atoms with van der Waals surface area (Å²) in [5.41, 5.74) is 1.51. The molecule has 2 aliphatic heterocycles. The lowest BCUT2D eigenvalue weighted by molar-refractivity contribution is 0.0879. The van der Waals surface area contributed by atoms with Crippen LogP contribution in [0.3, 0.4) is 0 Å². The first-order valence-electron chi connectivity index (χ1n) is 10.2. The summed E-state index contributed by atoms with van der Waals surface area (Å²) in [6.07, 6.45) is 0. The van der Waals surface area contributed by atoms with E-state index in [-0.39, 0.29) is 29.2 Å². The van der Waals surface area contributed by atoms with Crippen LogP contribution in [-0.4, -0.2) is 84.1 Å². The van der Waals surface area contributed by atoms with Crippen molar-refractivity contribution in [2.24, 2.45) is 0 Å². The summed E-state index contributed by atoms with van der Waals surface area (Å²) in [4.78, 5) is 29.3. The van der Waals surface area contributed by atoms with Crippen molar-refractivity contribution >= 4 is 17.5 Å². The van der Waals surface area contributed by atoms with Gasteiger partial charge in [0.05, 0.1) is 13.7 Å². The fourth-order valence-corrected chi connectivity index (χ4v) is 3.85. The molecule has 1 atom stereocenters. The molecular weight excluding hydrogens is 386 g/mol. The van der Waals surface area contributed by atoms with Crippen molar-refractivity contribution in [2.45, 2.75) is 19.5 Å². The monoisotopic (exact) mass is 413 g/mol. The Morgan fingerprint density at radius 1 is 1.23 bits per heavy atom. The van der Waals surface area contributed by atoms with Crippen molar-refractivity contribution in [1.82, 2.24) is 30.5 Å². The Hall–Kier alpha value is -3.14. The van der Waals surface area contributed by atoms with E-state index >= 15 is 0 Å². The van der Waals surface area contributed by atoms with Gasteiger partial charge in [0.15, 0.2) is 11.4 Å².